The van der Waals surface area contributed by atoms with Crippen molar-refractivity contribution < 1.29 is 52.0 Å². The van der Waals surface area contributed by atoms with E-state index in [0.29, 0.717) is 23.2 Å². The molecular weight excluding hydrogens is 603 g/mol. The van der Waals surface area contributed by atoms with E-state index >= 15 is 0 Å². The van der Waals surface area contributed by atoms with E-state index in [1.165, 1.54) is 62.6 Å². The maximum absolute atomic E-state index is 14.4. The highest BCUT2D eigenvalue weighted by Crippen LogP contribution is 2.34. The van der Waals surface area contributed by atoms with Crippen LogP contribution in [0.25, 0.3) is 0 Å². The third-order valence-corrected chi connectivity index (χ3v) is 6.90. The van der Waals surface area contributed by atoms with Crippen LogP contribution in [0, 0.1) is 5.82 Å². The number of carbonyl (C=O) groups excluding carboxylic acids is 4. The van der Waals surface area contributed by atoms with Crippen molar-refractivity contribution in [2.45, 2.75) is 33.1 Å². The lowest BCUT2D eigenvalue weighted by Gasteiger charge is -2.29. The molecule has 3 rings (SSSR count). The minimum atomic E-state index is -0.609. The van der Waals surface area contributed by atoms with Gasteiger partial charge in [-0.05, 0) is 55.2 Å². The molecule has 2 aromatic carbocycles. The van der Waals surface area contributed by atoms with Gasteiger partial charge in [-0.1, -0.05) is 13.8 Å². The van der Waals surface area contributed by atoms with Crippen molar-refractivity contribution in [1.29, 1.82) is 0 Å². The summed E-state index contributed by atoms with van der Waals surface area (Å²) < 4.78 is 46.2. The SMILES string of the molecule is CC.COC(=O)CN(CC(=O)OC)c1ccc(C=O)cc1OCCOc1cc(F)ccc1N(CC(=O)OC)CC(OC)=C1CCC1. The van der Waals surface area contributed by atoms with Crippen LogP contribution in [-0.4, -0.2) is 92.0 Å². The molecule has 0 bridgehead atoms. The Morgan fingerprint density at radius 2 is 1.20 bits per heavy atom. The highest BCUT2D eigenvalue weighted by atomic mass is 19.1. The third kappa shape index (κ3) is 11.0. The van der Waals surface area contributed by atoms with Crippen LogP contribution in [-0.2, 0) is 33.3 Å². The summed E-state index contributed by atoms with van der Waals surface area (Å²) in [5, 5.41) is 0. The Hall–Kier alpha value is -4.81. The summed E-state index contributed by atoms with van der Waals surface area (Å²) in [6.45, 7) is 3.40. The van der Waals surface area contributed by atoms with Gasteiger partial charge in [0, 0.05) is 11.6 Å². The maximum atomic E-state index is 14.4. The standard InChI is InChI=1S/C31H37FN2O10.C2H6/c1-39-28(22-6-5-7-22)16-33(17-29(36)40-2)25-11-9-23(32)15-27(25)44-13-12-43-26-14-21(20-35)8-10-24(26)34(18-30(37)41-3)19-31(38)42-4;1-2/h8-11,14-15,20H,5-7,12-13,16-19H2,1-4H3;1-2H3. The van der Waals surface area contributed by atoms with Crippen LogP contribution in [0.2, 0.25) is 0 Å². The number of halogens is 1. The Morgan fingerprint density at radius 3 is 1.63 bits per heavy atom. The maximum Gasteiger partial charge on any atom is 0.325 e. The van der Waals surface area contributed by atoms with Crippen molar-refractivity contribution in [3.63, 3.8) is 0 Å². The molecule has 1 saturated carbocycles. The number of anilines is 2. The number of benzene rings is 2. The summed E-state index contributed by atoms with van der Waals surface area (Å²) in [4.78, 5) is 50.9. The molecule has 0 spiro atoms. The van der Waals surface area contributed by atoms with E-state index in [-0.39, 0.29) is 50.9 Å². The predicted octanol–water partition coefficient (Wildman–Crippen LogP) is 4.34. The lowest BCUT2D eigenvalue weighted by molar-refractivity contribution is -0.140. The first-order chi connectivity index (χ1) is 22.2. The van der Waals surface area contributed by atoms with E-state index in [4.69, 9.17) is 28.4 Å². The molecule has 2 aromatic rings. The summed E-state index contributed by atoms with van der Waals surface area (Å²) in [5.74, 6) is -1.19. The van der Waals surface area contributed by atoms with E-state index in [0.717, 1.165) is 30.6 Å². The molecule has 0 aromatic heterocycles. The molecule has 1 fully saturated rings. The van der Waals surface area contributed by atoms with Gasteiger partial charge in [0.15, 0.2) is 0 Å². The van der Waals surface area contributed by atoms with Gasteiger partial charge in [-0.15, -0.1) is 0 Å². The van der Waals surface area contributed by atoms with Gasteiger partial charge in [-0.3, -0.25) is 19.2 Å². The lowest BCUT2D eigenvalue weighted by Crippen LogP contribution is -2.36. The largest absolute Gasteiger partial charge is 0.499 e. The molecule has 1 aliphatic carbocycles. The van der Waals surface area contributed by atoms with Crippen LogP contribution in [0.4, 0.5) is 15.8 Å². The Morgan fingerprint density at radius 1 is 0.717 bits per heavy atom. The van der Waals surface area contributed by atoms with Crippen molar-refractivity contribution in [3.8, 4) is 11.5 Å². The van der Waals surface area contributed by atoms with Crippen molar-refractivity contribution in [2.75, 3.05) is 77.6 Å². The average molecular weight is 647 g/mol. The zero-order valence-electron chi connectivity index (χ0n) is 27.3. The van der Waals surface area contributed by atoms with E-state index in [1.54, 1.807) is 12.0 Å². The fourth-order valence-electron chi connectivity index (χ4n) is 4.39. The van der Waals surface area contributed by atoms with Crippen molar-refractivity contribution >= 4 is 35.6 Å². The predicted molar refractivity (Wildman–Crippen MR) is 169 cm³/mol. The first-order valence-corrected chi connectivity index (χ1v) is 14.8. The molecule has 46 heavy (non-hydrogen) atoms. The molecule has 0 saturated heterocycles. The van der Waals surface area contributed by atoms with E-state index < -0.39 is 23.7 Å². The van der Waals surface area contributed by atoms with Gasteiger partial charge in [0.05, 0.1) is 46.4 Å². The Bertz CT molecular complexity index is 1340. The number of ether oxygens (including phenoxy) is 6. The topological polar surface area (TPSA) is 130 Å². The van der Waals surface area contributed by atoms with Crippen LogP contribution >= 0.6 is 0 Å². The molecular formula is C33H43FN2O10. The van der Waals surface area contributed by atoms with Crippen molar-refractivity contribution in [3.05, 3.63) is 59.1 Å². The molecule has 0 aliphatic heterocycles. The van der Waals surface area contributed by atoms with Gasteiger partial charge in [-0.25, -0.2) is 4.39 Å². The first kappa shape index (κ1) is 37.4. The molecule has 1 aliphatic rings. The molecule has 0 amide bonds. The molecule has 0 radical (unpaired) electrons. The van der Waals surface area contributed by atoms with Gasteiger partial charge in [0.1, 0.15) is 62.2 Å². The number of carbonyl (C=O) groups is 4. The fourth-order valence-corrected chi connectivity index (χ4v) is 4.39. The Labute approximate surface area is 268 Å². The summed E-state index contributed by atoms with van der Waals surface area (Å²) in [5.41, 5.74) is 2.22. The Balaban J connectivity index is 0.00000361. The average Bonchev–Trinajstić information content (AvgIpc) is 3.05. The number of rotatable bonds is 17. The second kappa shape index (κ2) is 19.6. The van der Waals surface area contributed by atoms with Crippen LogP contribution in [0.1, 0.15) is 43.5 Å². The number of nitrogens with zero attached hydrogens (tertiary/aromatic N) is 2. The Kier molecular flexibility index (Phi) is 15.9. The minimum Gasteiger partial charge on any atom is -0.499 e. The number of aldehydes is 1. The molecule has 0 unspecified atom stereocenters. The van der Waals surface area contributed by atoms with E-state index in [9.17, 15) is 23.6 Å². The van der Waals surface area contributed by atoms with Crippen LogP contribution in [0.15, 0.2) is 47.7 Å². The van der Waals surface area contributed by atoms with Crippen LogP contribution < -0.4 is 19.3 Å². The molecule has 252 valence electrons. The number of methoxy groups -OCH3 is 4. The third-order valence-electron chi connectivity index (χ3n) is 6.90. The van der Waals surface area contributed by atoms with Gasteiger partial charge >= 0.3 is 17.9 Å². The summed E-state index contributed by atoms with van der Waals surface area (Å²) in [6.07, 6.45) is 3.50. The molecule has 13 heteroatoms. The molecule has 12 nitrogen and oxygen atoms in total. The number of esters is 3. The quantitative estimate of drug-likeness (QED) is 0.0797. The van der Waals surface area contributed by atoms with Crippen molar-refractivity contribution in [1.82, 2.24) is 0 Å². The molecule has 0 heterocycles. The van der Waals surface area contributed by atoms with Gasteiger partial charge in [-0.2, -0.15) is 0 Å². The zero-order valence-corrected chi connectivity index (χ0v) is 27.3. The number of allylic oxidation sites excluding steroid dienone is 1. The zero-order chi connectivity index (χ0) is 34.1. The van der Waals surface area contributed by atoms with Crippen molar-refractivity contribution in [2.24, 2.45) is 0 Å². The van der Waals surface area contributed by atoms with Gasteiger partial charge < -0.3 is 38.2 Å². The second-order valence-electron chi connectivity index (χ2n) is 9.68. The van der Waals surface area contributed by atoms with E-state index in [1.807, 2.05) is 13.8 Å². The normalized spacial score (nSPS) is 11.5. The first-order valence-electron chi connectivity index (χ1n) is 14.8. The highest BCUT2D eigenvalue weighted by Gasteiger charge is 2.23. The fraction of sp³-hybridized carbons (Fsp3) is 0.455. The van der Waals surface area contributed by atoms with Gasteiger partial charge in [0.25, 0.3) is 0 Å². The monoisotopic (exact) mass is 646 g/mol. The summed E-state index contributed by atoms with van der Waals surface area (Å²) >= 11 is 0. The summed E-state index contributed by atoms with van der Waals surface area (Å²) in [7, 11) is 5.29. The summed E-state index contributed by atoms with van der Waals surface area (Å²) in [6, 6.07) is 8.47. The highest BCUT2D eigenvalue weighted by molar-refractivity contribution is 5.84. The number of hydrogen-bond donors (Lipinski definition) is 0. The second-order valence-corrected chi connectivity index (χ2v) is 9.68. The molecule has 0 atom stereocenters. The van der Waals surface area contributed by atoms with Gasteiger partial charge in [0.2, 0.25) is 0 Å². The lowest BCUT2D eigenvalue weighted by atomic mass is 9.91. The van der Waals surface area contributed by atoms with Crippen LogP contribution in [0.5, 0.6) is 11.5 Å². The number of hydrogen-bond acceptors (Lipinski definition) is 12. The molecule has 0 N–H and O–H groups in total. The minimum absolute atomic E-state index is 0.0695. The van der Waals surface area contributed by atoms with E-state index in [2.05, 4.69) is 0 Å². The smallest absolute Gasteiger partial charge is 0.325 e. The van der Waals surface area contributed by atoms with Crippen LogP contribution in [0.3, 0.4) is 0 Å².